The maximum Gasteiger partial charge on any atom is 0.337 e. The van der Waals surface area contributed by atoms with Crippen LogP contribution in [0.2, 0.25) is 0 Å². The van der Waals surface area contributed by atoms with Gasteiger partial charge < -0.3 is 15.4 Å². The van der Waals surface area contributed by atoms with E-state index in [0.29, 0.717) is 17.3 Å². The van der Waals surface area contributed by atoms with Crippen molar-refractivity contribution in [3.8, 4) is 0 Å². The van der Waals surface area contributed by atoms with Gasteiger partial charge in [-0.25, -0.2) is 4.79 Å². The molecular weight excluding hydrogens is 248 g/mol. The number of nitrogens with zero attached hydrogens (tertiary/aromatic N) is 1. The molecule has 5 heteroatoms. The van der Waals surface area contributed by atoms with E-state index in [0.717, 1.165) is 17.9 Å². The molecule has 1 aliphatic heterocycles. The third-order valence-electron chi connectivity index (χ3n) is 3.28. The van der Waals surface area contributed by atoms with E-state index in [9.17, 15) is 4.79 Å². The second kappa shape index (κ2) is 5.52. The van der Waals surface area contributed by atoms with E-state index in [1.807, 2.05) is 24.9 Å². The molecule has 1 fully saturated rings. The number of esters is 1. The lowest BCUT2D eigenvalue weighted by atomic mass is 10.1. The molecule has 0 spiro atoms. The summed E-state index contributed by atoms with van der Waals surface area (Å²) < 4.78 is 4.73. The van der Waals surface area contributed by atoms with Gasteiger partial charge in [0, 0.05) is 18.8 Å². The van der Waals surface area contributed by atoms with Crippen molar-refractivity contribution in [2.75, 3.05) is 36.3 Å². The summed E-state index contributed by atoms with van der Waals surface area (Å²) in [5.74, 6) is 1.97. The minimum Gasteiger partial charge on any atom is -0.465 e. The van der Waals surface area contributed by atoms with Gasteiger partial charge in [0.05, 0.1) is 24.0 Å². The predicted octanol–water partition coefficient (Wildman–Crippen LogP) is 2.00. The lowest BCUT2D eigenvalue weighted by molar-refractivity contribution is 0.0601. The first-order valence-corrected chi connectivity index (χ1v) is 7.07. The number of benzene rings is 1. The van der Waals surface area contributed by atoms with E-state index in [4.69, 9.17) is 10.5 Å². The highest BCUT2D eigenvalue weighted by molar-refractivity contribution is 7.99. The molecule has 1 aromatic rings. The lowest BCUT2D eigenvalue weighted by Gasteiger charge is -2.27. The van der Waals surface area contributed by atoms with Crippen LogP contribution in [-0.4, -0.2) is 37.7 Å². The standard InChI is InChI=1S/C13H18N2O2S/c1-15(10-5-6-18-8-10)12-7-9(13(16)17-2)3-4-11(12)14/h3-4,7,10H,5-6,8,14H2,1-2H3. The summed E-state index contributed by atoms with van der Waals surface area (Å²) in [7, 11) is 3.42. The molecule has 1 atom stereocenters. The van der Waals surface area contributed by atoms with E-state index in [2.05, 4.69) is 4.90 Å². The van der Waals surface area contributed by atoms with Crippen LogP contribution in [0.1, 0.15) is 16.8 Å². The quantitative estimate of drug-likeness (QED) is 0.670. The average molecular weight is 266 g/mol. The molecule has 1 unspecified atom stereocenters. The van der Waals surface area contributed by atoms with Crippen LogP contribution < -0.4 is 10.6 Å². The number of nitrogen functional groups attached to an aromatic ring is 1. The summed E-state index contributed by atoms with van der Waals surface area (Å²) in [4.78, 5) is 13.7. The molecule has 1 aliphatic rings. The van der Waals surface area contributed by atoms with Gasteiger partial charge in [-0.2, -0.15) is 11.8 Å². The van der Waals surface area contributed by atoms with Crippen molar-refractivity contribution >= 4 is 29.1 Å². The number of rotatable bonds is 3. The fourth-order valence-electron chi connectivity index (χ4n) is 2.12. The summed E-state index contributed by atoms with van der Waals surface area (Å²) in [6.07, 6.45) is 1.16. The van der Waals surface area contributed by atoms with Gasteiger partial charge >= 0.3 is 5.97 Å². The van der Waals surface area contributed by atoms with Gasteiger partial charge in [-0.05, 0) is 30.4 Å². The Hall–Kier alpha value is -1.36. The van der Waals surface area contributed by atoms with Crippen molar-refractivity contribution in [1.29, 1.82) is 0 Å². The van der Waals surface area contributed by atoms with Gasteiger partial charge in [0.1, 0.15) is 0 Å². The van der Waals surface area contributed by atoms with Crippen molar-refractivity contribution in [3.63, 3.8) is 0 Å². The van der Waals surface area contributed by atoms with Crippen LogP contribution in [0.3, 0.4) is 0 Å². The zero-order valence-electron chi connectivity index (χ0n) is 10.7. The maximum absolute atomic E-state index is 11.5. The summed E-state index contributed by atoms with van der Waals surface area (Å²) >= 11 is 1.95. The molecule has 4 nitrogen and oxygen atoms in total. The van der Waals surface area contributed by atoms with Gasteiger partial charge in [0.25, 0.3) is 0 Å². The molecule has 0 saturated carbocycles. The summed E-state index contributed by atoms with van der Waals surface area (Å²) in [6.45, 7) is 0. The van der Waals surface area contributed by atoms with Crippen molar-refractivity contribution in [2.45, 2.75) is 12.5 Å². The molecule has 0 aromatic heterocycles. The third-order valence-corrected chi connectivity index (χ3v) is 4.43. The topological polar surface area (TPSA) is 55.6 Å². The van der Waals surface area contributed by atoms with Crippen molar-refractivity contribution in [1.82, 2.24) is 0 Å². The zero-order chi connectivity index (χ0) is 13.1. The molecule has 1 heterocycles. The van der Waals surface area contributed by atoms with Crippen molar-refractivity contribution in [2.24, 2.45) is 0 Å². The molecule has 98 valence electrons. The highest BCUT2D eigenvalue weighted by Crippen LogP contribution is 2.30. The fourth-order valence-corrected chi connectivity index (χ4v) is 3.39. The lowest BCUT2D eigenvalue weighted by Crippen LogP contribution is -2.32. The Morgan fingerprint density at radius 3 is 2.94 bits per heavy atom. The molecule has 0 radical (unpaired) electrons. The molecule has 0 amide bonds. The van der Waals surface area contributed by atoms with Crippen molar-refractivity contribution in [3.05, 3.63) is 23.8 Å². The number of ether oxygens (including phenoxy) is 1. The minimum absolute atomic E-state index is 0.328. The molecule has 1 aromatic carbocycles. The summed E-state index contributed by atoms with van der Waals surface area (Å²) in [5.41, 5.74) is 8.14. The number of anilines is 2. The molecule has 0 bridgehead atoms. The molecule has 0 aliphatic carbocycles. The Balaban J connectivity index is 2.27. The van der Waals surface area contributed by atoms with Crippen LogP contribution >= 0.6 is 11.8 Å². The molecule has 1 saturated heterocycles. The van der Waals surface area contributed by atoms with Crippen LogP contribution in [0.15, 0.2) is 18.2 Å². The van der Waals surface area contributed by atoms with E-state index >= 15 is 0 Å². The highest BCUT2D eigenvalue weighted by Gasteiger charge is 2.22. The number of hydrogen-bond donors (Lipinski definition) is 1. The molecule has 2 rings (SSSR count). The van der Waals surface area contributed by atoms with E-state index in [1.54, 1.807) is 12.1 Å². The zero-order valence-corrected chi connectivity index (χ0v) is 11.5. The number of methoxy groups -OCH3 is 1. The maximum atomic E-state index is 11.5. The minimum atomic E-state index is -0.328. The summed E-state index contributed by atoms with van der Waals surface area (Å²) in [5, 5.41) is 0. The van der Waals surface area contributed by atoms with Crippen molar-refractivity contribution < 1.29 is 9.53 Å². The highest BCUT2D eigenvalue weighted by atomic mass is 32.2. The normalized spacial score (nSPS) is 18.7. The second-order valence-electron chi connectivity index (χ2n) is 4.39. The predicted molar refractivity (Wildman–Crippen MR) is 76.3 cm³/mol. The van der Waals surface area contributed by atoms with Gasteiger partial charge in [0.2, 0.25) is 0 Å². The fraction of sp³-hybridized carbons (Fsp3) is 0.462. The largest absolute Gasteiger partial charge is 0.465 e. The summed E-state index contributed by atoms with van der Waals surface area (Å²) in [6, 6.07) is 5.76. The van der Waals surface area contributed by atoms with Crippen LogP contribution in [0, 0.1) is 0 Å². The van der Waals surface area contributed by atoms with Gasteiger partial charge in [-0.15, -0.1) is 0 Å². The van der Waals surface area contributed by atoms with E-state index < -0.39 is 0 Å². The van der Waals surface area contributed by atoms with Crippen LogP contribution in [-0.2, 0) is 4.74 Å². The monoisotopic (exact) mass is 266 g/mol. The molecule has 18 heavy (non-hydrogen) atoms. The number of carbonyl (C=O) groups is 1. The Morgan fingerprint density at radius 2 is 2.33 bits per heavy atom. The SMILES string of the molecule is COC(=O)c1ccc(N)c(N(C)C2CCSC2)c1. The number of thioether (sulfide) groups is 1. The van der Waals surface area contributed by atoms with Crippen LogP contribution in [0.25, 0.3) is 0 Å². The van der Waals surface area contributed by atoms with E-state index in [-0.39, 0.29) is 5.97 Å². The second-order valence-corrected chi connectivity index (χ2v) is 5.54. The van der Waals surface area contributed by atoms with E-state index in [1.165, 1.54) is 12.9 Å². The molecular formula is C13H18N2O2S. The molecule has 2 N–H and O–H groups in total. The van der Waals surface area contributed by atoms with Crippen LogP contribution in [0.5, 0.6) is 0 Å². The Labute approximate surface area is 111 Å². The van der Waals surface area contributed by atoms with Gasteiger partial charge in [-0.1, -0.05) is 0 Å². The third kappa shape index (κ3) is 2.56. The Bertz CT molecular complexity index is 445. The number of hydrogen-bond acceptors (Lipinski definition) is 5. The average Bonchev–Trinajstić information content (AvgIpc) is 2.91. The number of nitrogens with two attached hydrogens (primary N) is 1. The first kappa shape index (κ1) is 13.1. The van der Waals surface area contributed by atoms with Crippen LogP contribution in [0.4, 0.5) is 11.4 Å². The Kier molecular flexibility index (Phi) is 4.01. The van der Waals surface area contributed by atoms with Gasteiger partial charge in [-0.3, -0.25) is 0 Å². The Morgan fingerprint density at radius 1 is 1.56 bits per heavy atom. The first-order valence-electron chi connectivity index (χ1n) is 5.92. The van der Waals surface area contributed by atoms with Gasteiger partial charge in [0.15, 0.2) is 0 Å². The first-order chi connectivity index (χ1) is 8.63. The number of carbonyl (C=O) groups excluding carboxylic acids is 1. The smallest absolute Gasteiger partial charge is 0.337 e.